The molecule has 4 nitrogen and oxygen atoms in total. The molecular formula is C10H15BrN2O2. The molecule has 0 saturated heterocycles. The van der Waals surface area contributed by atoms with Crippen LogP contribution in [0.1, 0.15) is 42.9 Å². The summed E-state index contributed by atoms with van der Waals surface area (Å²) in [6.07, 6.45) is 2.93. The number of carbonyl (C=O) groups is 1. The van der Waals surface area contributed by atoms with Crippen LogP contribution in [0.3, 0.4) is 0 Å². The van der Waals surface area contributed by atoms with Gasteiger partial charge in [-0.15, -0.1) is 0 Å². The number of aromatic nitrogens is 2. The van der Waals surface area contributed by atoms with E-state index in [0.29, 0.717) is 11.0 Å². The lowest BCUT2D eigenvalue weighted by molar-refractivity contribution is 0.0682. The van der Waals surface area contributed by atoms with E-state index in [9.17, 15) is 4.79 Å². The molecule has 15 heavy (non-hydrogen) atoms. The highest BCUT2D eigenvalue weighted by atomic mass is 79.9. The maximum Gasteiger partial charge on any atom is 0.355 e. The van der Waals surface area contributed by atoms with Crippen LogP contribution in [0.15, 0.2) is 4.47 Å². The summed E-state index contributed by atoms with van der Waals surface area (Å²) in [5.74, 6) is -0.932. The smallest absolute Gasteiger partial charge is 0.355 e. The van der Waals surface area contributed by atoms with Gasteiger partial charge in [-0.3, -0.25) is 4.68 Å². The first-order valence-corrected chi connectivity index (χ1v) is 5.89. The Hall–Kier alpha value is -0.840. The van der Waals surface area contributed by atoms with Crippen LogP contribution >= 0.6 is 15.9 Å². The number of carboxylic acid groups (broad SMARTS) is 1. The number of aromatic carboxylic acids is 1. The predicted molar refractivity (Wildman–Crippen MR) is 61.2 cm³/mol. The standard InChI is InChI=1S/C10H15BrN2O2/c1-3-5-6-7-8(11)9(10(14)15)13(4-2)12-7/h3-6H2,1-2H3,(H,14,15). The van der Waals surface area contributed by atoms with E-state index in [1.165, 1.54) is 4.68 Å². The number of aryl methyl sites for hydroxylation is 2. The number of hydrogen-bond acceptors (Lipinski definition) is 2. The molecule has 0 saturated carbocycles. The first-order chi connectivity index (χ1) is 7.11. The Morgan fingerprint density at radius 3 is 2.60 bits per heavy atom. The van der Waals surface area contributed by atoms with Gasteiger partial charge in [-0.1, -0.05) is 13.3 Å². The normalized spacial score (nSPS) is 10.6. The lowest BCUT2D eigenvalue weighted by atomic mass is 10.2. The third-order valence-corrected chi connectivity index (χ3v) is 3.06. The molecule has 0 amide bonds. The van der Waals surface area contributed by atoms with Crippen LogP contribution in [0.2, 0.25) is 0 Å². The van der Waals surface area contributed by atoms with Gasteiger partial charge in [0.05, 0.1) is 10.2 Å². The number of nitrogens with zero attached hydrogens (tertiary/aromatic N) is 2. The van der Waals surface area contributed by atoms with Crippen molar-refractivity contribution in [3.63, 3.8) is 0 Å². The van der Waals surface area contributed by atoms with Gasteiger partial charge in [0.1, 0.15) is 0 Å². The third-order valence-electron chi connectivity index (χ3n) is 2.23. The van der Waals surface area contributed by atoms with Crippen molar-refractivity contribution in [2.45, 2.75) is 39.7 Å². The Morgan fingerprint density at radius 2 is 2.20 bits per heavy atom. The molecule has 1 heterocycles. The third kappa shape index (κ3) is 2.59. The molecule has 0 aliphatic heterocycles. The largest absolute Gasteiger partial charge is 0.476 e. The summed E-state index contributed by atoms with van der Waals surface area (Å²) in [5, 5.41) is 13.3. The average Bonchev–Trinajstić information content (AvgIpc) is 2.52. The average molecular weight is 275 g/mol. The summed E-state index contributed by atoms with van der Waals surface area (Å²) >= 11 is 3.31. The van der Waals surface area contributed by atoms with Crippen molar-refractivity contribution < 1.29 is 9.90 Å². The summed E-state index contributed by atoms with van der Waals surface area (Å²) in [5.41, 5.74) is 1.10. The Labute approximate surface area is 97.4 Å². The van der Waals surface area contributed by atoms with Crippen molar-refractivity contribution in [1.82, 2.24) is 9.78 Å². The SMILES string of the molecule is CCCCc1nn(CC)c(C(=O)O)c1Br. The van der Waals surface area contributed by atoms with E-state index < -0.39 is 5.97 Å². The molecule has 0 spiro atoms. The monoisotopic (exact) mass is 274 g/mol. The van der Waals surface area contributed by atoms with Gasteiger partial charge >= 0.3 is 5.97 Å². The van der Waals surface area contributed by atoms with Crippen LogP contribution in [-0.4, -0.2) is 20.9 Å². The Kier molecular flexibility index (Phi) is 4.32. The fraction of sp³-hybridized carbons (Fsp3) is 0.600. The summed E-state index contributed by atoms with van der Waals surface area (Å²) < 4.78 is 2.16. The van der Waals surface area contributed by atoms with E-state index >= 15 is 0 Å². The highest BCUT2D eigenvalue weighted by molar-refractivity contribution is 9.10. The number of hydrogen-bond donors (Lipinski definition) is 1. The number of unbranched alkanes of at least 4 members (excludes halogenated alkanes) is 1. The molecule has 84 valence electrons. The molecule has 0 atom stereocenters. The molecule has 0 unspecified atom stereocenters. The zero-order chi connectivity index (χ0) is 11.4. The fourth-order valence-corrected chi connectivity index (χ4v) is 2.08. The zero-order valence-electron chi connectivity index (χ0n) is 8.96. The minimum atomic E-state index is -0.932. The summed E-state index contributed by atoms with van der Waals surface area (Å²) in [7, 11) is 0. The highest BCUT2D eigenvalue weighted by Crippen LogP contribution is 2.23. The van der Waals surface area contributed by atoms with Gasteiger partial charge in [0, 0.05) is 6.54 Å². The minimum absolute atomic E-state index is 0.253. The van der Waals surface area contributed by atoms with Gasteiger partial charge in [0.25, 0.3) is 0 Å². The van der Waals surface area contributed by atoms with E-state index in [1.807, 2.05) is 6.92 Å². The van der Waals surface area contributed by atoms with Crippen molar-refractivity contribution in [3.05, 3.63) is 15.9 Å². The Morgan fingerprint density at radius 1 is 1.53 bits per heavy atom. The van der Waals surface area contributed by atoms with Crippen LogP contribution in [0.25, 0.3) is 0 Å². The topological polar surface area (TPSA) is 55.1 Å². The second-order valence-electron chi connectivity index (χ2n) is 3.33. The highest BCUT2D eigenvalue weighted by Gasteiger charge is 2.19. The summed E-state index contributed by atoms with van der Waals surface area (Å²) in [4.78, 5) is 11.0. The van der Waals surface area contributed by atoms with Crippen molar-refractivity contribution in [2.24, 2.45) is 0 Å². The first-order valence-electron chi connectivity index (χ1n) is 5.10. The summed E-state index contributed by atoms with van der Waals surface area (Å²) in [6, 6.07) is 0. The molecule has 1 aromatic rings. The molecule has 0 radical (unpaired) electrons. The molecule has 0 aliphatic carbocycles. The Bertz CT molecular complexity index is 361. The lowest BCUT2D eigenvalue weighted by Gasteiger charge is -1.98. The van der Waals surface area contributed by atoms with Crippen molar-refractivity contribution in [2.75, 3.05) is 0 Å². The molecule has 1 aromatic heterocycles. The van der Waals surface area contributed by atoms with Crippen molar-refractivity contribution in [3.8, 4) is 0 Å². The van der Waals surface area contributed by atoms with Gasteiger partial charge in [0.2, 0.25) is 0 Å². The molecular weight excluding hydrogens is 260 g/mol. The van der Waals surface area contributed by atoms with Crippen molar-refractivity contribution >= 4 is 21.9 Å². The van der Waals surface area contributed by atoms with E-state index in [1.54, 1.807) is 0 Å². The van der Waals surface area contributed by atoms with Gasteiger partial charge in [-0.25, -0.2) is 4.79 Å². The van der Waals surface area contributed by atoms with Gasteiger partial charge in [-0.05, 0) is 35.7 Å². The molecule has 0 aromatic carbocycles. The van der Waals surface area contributed by atoms with Gasteiger partial charge in [-0.2, -0.15) is 5.10 Å². The number of carboxylic acids is 1. The fourth-order valence-electron chi connectivity index (χ4n) is 1.43. The van der Waals surface area contributed by atoms with Crippen LogP contribution < -0.4 is 0 Å². The first kappa shape index (κ1) is 12.2. The molecule has 0 aliphatic rings. The second-order valence-corrected chi connectivity index (χ2v) is 4.13. The van der Waals surface area contributed by atoms with Gasteiger partial charge in [0.15, 0.2) is 5.69 Å². The number of halogens is 1. The minimum Gasteiger partial charge on any atom is -0.476 e. The van der Waals surface area contributed by atoms with E-state index in [4.69, 9.17) is 5.11 Å². The molecule has 5 heteroatoms. The van der Waals surface area contributed by atoms with Crippen molar-refractivity contribution in [1.29, 1.82) is 0 Å². The molecule has 1 rings (SSSR count). The van der Waals surface area contributed by atoms with Crippen LogP contribution in [0.4, 0.5) is 0 Å². The quantitative estimate of drug-likeness (QED) is 0.898. The summed E-state index contributed by atoms with van der Waals surface area (Å²) in [6.45, 7) is 4.56. The Balaban J connectivity index is 3.04. The van der Waals surface area contributed by atoms with Crippen LogP contribution in [0, 0.1) is 0 Å². The zero-order valence-corrected chi connectivity index (χ0v) is 10.5. The second kappa shape index (κ2) is 5.30. The maximum absolute atomic E-state index is 11.0. The molecule has 0 fully saturated rings. The lowest BCUT2D eigenvalue weighted by Crippen LogP contribution is -2.08. The van der Waals surface area contributed by atoms with E-state index in [-0.39, 0.29) is 5.69 Å². The maximum atomic E-state index is 11.0. The number of rotatable bonds is 5. The van der Waals surface area contributed by atoms with Gasteiger partial charge < -0.3 is 5.11 Å². The van der Waals surface area contributed by atoms with Crippen LogP contribution in [-0.2, 0) is 13.0 Å². The molecule has 1 N–H and O–H groups in total. The molecule has 0 bridgehead atoms. The van der Waals surface area contributed by atoms with Crippen LogP contribution in [0.5, 0.6) is 0 Å². The predicted octanol–water partition coefficient (Wildman–Crippen LogP) is 2.71. The van der Waals surface area contributed by atoms with E-state index in [0.717, 1.165) is 25.0 Å². The van der Waals surface area contributed by atoms with E-state index in [2.05, 4.69) is 28.0 Å².